The SMILES string of the molecule is C=C(CC=O)OCC1CO1. The van der Waals surface area contributed by atoms with Crippen LogP contribution >= 0.6 is 0 Å². The molecular weight excluding hydrogens is 132 g/mol. The highest BCUT2D eigenvalue weighted by Gasteiger charge is 2.22. The zero-order chi connectivity index (χ0) is 7.40. The van der Waals surface area contributed by atoms with Crippen LogP contribution in [0.2, 0.25) is 0 Å². The molecule has 0 aromatic rings. The summed E-state index contributed by atoms with van der Waals surface area (Å²) >= 11 is 0. The number of carbonyl (C=O) groups excluding carboxylic acids is 1. The van der Waals surface area contributed by atoms with Crippen molar-refractivity contribution in [2.45, 2.75) is 12.5 Å². The maximum Gasteiger partial charge on any atom is 0.127 e. The van der Waals surface area contributed by atoms with Crippen molar-refractivity contribution in [1.82, 2.24) is 0 Å². The third-order valence-corrected chi connectivity index (χ3v) is 1.19. The molecule has 56 valence electrons. The Kier molecular flexibility index (Phi) is 2.45. The van der Waals surface area contributed by atoms with Crippen molar-refractivity contribution in [3.63, 3.8) is 0 Å². The Morgan fingerprint density at radius 2 is 2.60 bits per heavy atom. The number of carbonyl (C=O) groups is 1. The first-order chi connectivity index (χ1) is 4.83. The van der Waals surface area contributed by atoms with Crippen LogP contribution in [-0.2, 0) is 14.3 Å². The zero-order valence-corrected chi connectivity index (χ0v) is 5.71. The van der Waals surface area contributed by atoms with E-state index in [1.165, 1.54) is 0 Å². The van der Waals surface area contributed by atoms with Gasteiger partial charge in [0, 0.05) is 0 Å². The number of rotatable bonds is 5. The molecule has 0 radical (unpaired) electrons. The van der Waals surface area contributed by atoms with Gasteiger partial charge in [-0.3, -0.25) is 0 Å². The minimum atomic E-state index is 0.239. The smallest absolute Gasteiger partial charge is 0.127 e. The summed E-state index contributed by atoms with van der Waals surface area (Å²) in [5, 5.41) is 0. The molecule has 3 heteroatoms. The van der Waals surface area contributed by atoms with Gasteiger partial charge < -0.3 is 14.3 Å². The quantitative estimate of drug-likeness (QED) is 0.319. The lowest BCUT2D eigenvalue weighted by Gasteiger charge is -2.02. The summed E-state index contributed by atoms with van der Waals surface area (Å²) in [5.74, 6) is 0.519. The lowest BCUT2D eigenvalue weighted by atomic mass is 10.4. The minimum Gasteiger partial charge on any atom is -0.495 e. The molecule has 0 aromatic carbocycles. The van der Waals surface area contributed by atoms with Gasteiger partial charge in [-0.2, -0.15) is 0 Å². The Hall–Kier alpha value is -0.830. The number of hydrogen-bond donors (Lipinski definition) is 0. The molecular formula is C7H10O3. The molecule has 1 atom stereocenters. The van der Waals surface area contributed by atoms with Crippen LogP contribution in [0.3, 0.4) is 0 Å². The molecule has 10 heavy (non-hydrogen) atoms. The summed E-state index contributed by atoms with van der Waals surface area (Å²) < 4.78 is 9.94. The molecule has 1 aliphatic rings. The highest BCUT2D eigenvalue weighted by Crippen LogP contribution is 2.10. The fourth-order valence-corrected chi connectivity index (χ4v) is 0.527. The van der Waals surface area contributed by atoms with Gasteiger partial charge in [0.1, 0.15) is 19.0 Å². The monoisotopic (exact) mass is 142 g/mol. The molecule has 0 amide bonds. The largest absolute Gasteiger partial charge is 0.495 e. The van der Waals surface area contributed by atoms with Gasteiger partial charge in [0.2, 0.25) is 0 Å². The third-order valence-electron chi connectivity index (χ3n) is 1.19. The van der Waals surface area contributed by atoms with Gasteiger partial charge in [-0.25, -0.2) is 0 Å². The lowest BCUT2D eigenvalue weighted by molar-refractivity contribution is -0.107. The van der Waals surface area contributed by atoms with Crippen LogP contribution in [0.5, 0.6) is 0 Å². The molecule has 1 fully saturated rings. The summed E-state index contributed by atoms with van der Waals surface area (Å²) in [6.07, 6.45) is 1.30. The molecule has 0 N–H and O–H groups in total. The van der Waals surface area contributed by atoms with Crippen molar-refractivity contribution < 1.29 is 14.3 Å². The number of allylic oxidation sites excluding steroid dienone is 1. The Bertz CT molecular complexity index is 138. The van der Waals surface area contributed by atoms with Crippen molar-refractivity contribution in [3.8, 4) is 0 Å². The lowest BCUT2D eigenvalue weighted by Crippen LogP contribution is -2.00. The van der Waals surface area contributed by atoms with Gasteiger partial charge in [0.05, 0.1) is 18.8 Å². The maximum absolute atomic E-state index is 9.90. The van der Waals surface area contributed by atoms with E-state index in [1.807, 2.05) is 0 Å². The van der Waals surface area contributed by atoms with Crippen LogP contribution < -0.4 is 0 Å². The van der Waals surface area contributed by atoms with Gasteiger partial charge in [0.25, 0.3) is 0 Å². The van der Waals surface area contributed by atoms with Crippen molar-refractivity contribution in [2.24, 2.45) is 0 Å². The maximum atomic E-state index is 9.90. The van der Waals surface area contributed by atoms with Crippen LogP contribution in [0.25, 0.3) is 0 Å². The average Bonchev–Trinajstić information content (AvgIpc) is 2.67. The number of hydrogen-bond acceptors (Lipinski definition) is 3. The predicted molar refractivity (Wildman–Crippen MR) is 35.5 cm³/mol. The second-order valence-electron chi connectivity index (χ2n) is 2.18. The molecule has 0 aromatic heterocycles. The molecule has 0 aliphatic carbocycles. The molecule has 1 aliphatic heterocycles. The summed E-state index contributed by atoms with van der Waals surface area (Å²) in [7, 11) is 0. The van der Waals surface area contributed by atoms with E-state index in [0.29, 0.717) is 12.4 Å². The minimum absolute atomic E-state index is 0.239. The predicted octanol–water partition coefficient (Wildman–Crippen LogP) is 0.504. The standard InChI is InChI=1S/C7H10O3/c1-6(2-3-8)9-4-7-5-10-7/h3,7H,1-2,4-5H2. The fraction of sp³-hybridized carbons (Fsp3) is 0.571. The van der Waals surface area contributed by atoms with E-state index >= 15 is 0 Å². The molecule has 1 heterocycles. The molecule has 1 unspecified atom stereocenters. The molecule has 0 bridgehead atoms. The van der Waals surface area contributed by atoms with Crippen molar-refractivity contribution in [1.29, 1.82) is 0 Å². The summed E-state index contributed by atoms with van der Waals surface area (Å²) in [5.41, 5.74) is 0. The van der Waals surface area contributed by atoms with E-state index in [4.69, 9.17) is 9.47 Å². The average molecular weight is 142 g/mol. The van der Waals surface area contributed by atoms with E-state index in [1.54, 1.807) is 0 Å². The Morgan fingerprint density at radius 3 is 3.10 bits per heavy atom. The van der Waals surface area contributed by atoms with E-state index in [2.05, 4.69) is 6.58 Å². The highest BCUT2D eigenvalue weighted by molar-refractivity contribution is 5.52. The summed E-state index contributed by atoms with van der Waals surface area (Å²) in [6, 6.07) is 0. The van der Waals surface area contributed by atoms with Crippen LogP contribution in [0.1, 0.15) is 6.42 Å². The normalized spacial score (nSPS) is 21.8. The van der Waals surface area contributed by atoms with Crippen molar-refractivity contribution in [3.05, 3.63) is 12.3 Å². The van der Waals surface area contributed by atoms with Gasteiger partial charge in [-0.1, -0.05) is 6.58 Å². The number of aldehydes is 1. The number of ether oxygens (including phenoxy) is 2. The van der Waals surface area contributed by atoms with Gasteiger partial charge in [0.15, 0.2) is 0 Å². The first-order valence-electron chi connectivity index (χ1n) is 3.18. The van der Waals surface area contributed by atoms with Crippen LogP contribution in [0.15, 0.2) is 12.3 Å². The Morgan fingerprint density at radius 1 is 1.90 bits per heavy atom. The first kappa shape index (κ1) is 7.28. The zero-order valence-electron chi connectivity index (χ0n) is 5.71. The second-order valence-corrected chi connectivity index (χ2v) is 2.18. The Balaban J connectivity index is 1.99. The van der Waals surface area contributed by atoms with E-state index < -0.39 is 0 Å². The molecule has 0 spiro atoms. The first-order valence-corrected chi connectivity index (χ1v) is 3.18. The highest BCUT2D eigenvalue weighted by atomic mass is 16.6. The fourth-order valence-electron chi connectivity index (χ4n) is 0.527. The van der Waals surface area contributed by atoms with Gasteiger partial charge in [-0.05, 0) is 0 Å². The van der Waals surface area contributed by atoms with E-state index in [-0.39, 0.29) is 12.5 Å². The van der Waals surface area contributed by atoms with Crippen LogP contribution in [0.4, 0.5) is 0 Å². The molecule has 1 saturated heterocycles. The molecule has 0 saturated carbocycles. The number of epoxide rings is 1. The molecule has 1 rings (SSSR count). The van der Waals surface area contributed by atoms with Crippen LogP contribution in [-0.4, -0.2) is 25.6 Å². The molecule has 3 nitrogen and oxygen atoms in total. The second kappa shape index (κ2) is 3.37. The summed E-state index contributed by atoms with van der Waals surface area (Å²) in [4.78, 5) is 9.90. The van der Waals surface area contributed by atoms with Crippen LogP contribution in [0, 0.1) is 0 Å². The van der Waals surface area contributed by atoms with E-state index in [0.717, 1.165) is 12.9 Å². The summed E-state index contributed by atoms with van der Waals surface area (Å²) in [6.45, 7) is 4.84. The van der Waals surface area contributed by atoms with E-state index in [9.17, 15) is 4.79 Å². The van der Waals surface area contributed by atoms with Crippen molar-refractivity contribution >= 4 is 6.29 Å². The van der Waals surface area contributed by atoms with Gasteiger partial charge in [-0.15, -0.1) is 0 Å². The topological polar surface area (TPSA) is 38.8 Å². The van der Waals surface area contributed by atoms with Gasteiger partial charge >= 0.3 is 0 Å². The third kappa shape index (κ3) is 2.64. The van der Waals surface area contributed by atoms with Crippen molar-refractivity contribution in [2.75, 3.05) is 13.2 Å². The Labute approximate surface area is 59.6 Å².